The van der Waals surface area contributed by atoms with Crippen LogP contribution in [0.1, 0.15) is 42.4 Å². The van der Waals surface area contributed by atoms with E-state index in [1.165, 1.54) is 0 Å². The number of hydrogen-bond donors (Lipinski definition) is 0. The first kappa shape index (κ1) is 17.0. The molecule has 0 amide bonds. The van der Waals surface area contributed by atoms with E-state index in [0.29, 0.717) is 28.1 Å². The van der Waals surface area contributed by atoms with E-state index < -0.39 is 0 Å². The Bertz CT molecular complexity index is 1190. The molecule has 3 aromatic rings. The molecule has 1 aliphatic heterocycles. The van der Waals surface area contributed by atoms with Crippen LogP contribution in [0.25, 0.3) is 10.9 Å². The van der Waals surface area contributed by atoms with Gasteiger partial charge in [-0.15, -0.1) is 0 Å². The van der Waals surface area contributed by atoms with Crippen molar-refractivity contribution in [2.75, 3.05) is 0 Å². The molecule has 0 fully saturated rings. The molecule has 0 saturated carbocycles. The van der Waals surface area contributed by atoms with Crippen LogP contribution in [0, 0.1) is 29.1 Å². The summed E-state index contributed by atoms with van der Waals surface area (Å²) in [6.07, 6.45) is 4.46. The third-order valence-electron chi connectivity index (χ3n) is 4.96. The second kappa shape index (κ2) is 7.05. The van der Waals surface area contributed by atoms with Gasteiger partial charge >= 0.3 is 0 Å². The summed E-state index contributed by atoms with van der Waals surface area (Å²) in [4.78, 5) is 21.8. The summed E-state index contributed by atoms with van der Waals surface area (Å²) < 4.78 is 1.83. The van der Waals surface area contributed by atoms with Gasteiger partial charge in [0.05, 0.1) is 22.5 Å². The van der Waals surface area contributed by atoms with E-state index in [1.807, 2.05) is 16.7 Å². The highest BCUT2D eigenvalue weighted by molar-refractivity contribution is 5.79. The quantitative estimate of drug-likeness (QED) is 0.582. The largest absolute Gasteiger partial charge is 0.296 e. The van der Waals surface area contributed by atoms with Crippen LogP contribution < -0.4 is 5.56 Å². The van der Waals surface area contributed by atoms with Gasteiger partial charge in [-0.25, -0.2) is 9.97 Å². The maximum atomic E-state index is 12.8. The number of nitrogens with zero attached hydrogens (tertiary/aromatic N) is 4. The van der Waals surface area contributed by atoms with Gasteiger partial charge in [0.2, 0.25) is 0 Å². The smallest absolute Gasteiger partial charge is 0.261 e. The highest BCUT2D eigenvalue weighted by Gasteiger charge is 2.16. The summed E-state index contributed by atoms with van der Waals surface area (Å²) in [5, 5.41) is 9.59. The first-order valence-electron chi connectivity index (χ1n) is 9.05. The van der Waals surface area contributed by atoms with E-state index in [9.17, 15) is 4.79 Å². The van der Waals surface area contributed by atoms with Crippen molar-refractivity contribution in [3.05, 3.63) is 69.5 Å². The number of fused-ring (bicyclic) bond motifs is 2. The molecule has 2 aromatic heterocycles. The van der Waals surface area contributed by atoms with Crippen molar-refractivity contribution in [3.8, 4) is 17.9 Å². The molecule has 0 N–H and O–H groups in total. The number of hydrogen-bond acceptors (Lipinski definition) is 4. The number of rotatable bonds is 0. The van der Waals surface area contributed by atoms with E-state index in [-0.39, 0.29) is 5.56 Å². The van der Waals surface area contributed by atoms with Crippen molar-refractivity contribution in [2.24, 2.45) is 5.92 Å². The standard InChI is InChI=1S/C22H18N4O/c1-15-2-7-21-25-20-13-16(3-5-18-12-17(14-23)8-10-24-18)4-6-19(20)22(27)26(21)11-9-15/h4,6,8,10,12-13,15H,2,7,9,11H2,1H3. The summed E-state index contributed by atoms with van der Waals surface area (Å²) in [6, 6.07) is 10.9. The zero-order valence-electron chi connectivity index (χ0n) is 15.1. The Morgan fingerprint density at radius 2 is 2.04 bits per heavy atom. The lowest BCUT2D eigenvalue weighted by molar-refractivity contribution is 0.484. The molecule has 3 heterocycles. The monoisotopic (exact) mass is 354 g/mol. The molecule has 27 heavy (non-hydrogen) atoms. The first-order valence-corrected chi connectivity index (χ1v) is 9.05. The molecule has 0 aliphatic carbocycles. The highest BCUT2D eigenvalue weighted by atomic mass is 16.1. The van der Waals surface area contributed by atoms with E-state index >= 15 is 0 Å². The van der Waals surface area contributed by atoms with Gasteiger partial charge in [-0.1, -0.05) is 12.8 Å². The van der Waals surface area contributed by atoms with Crippen molar-refractivity contribution in [1.29, 1.82) is 5.26 Å². The molecule has 5 heteroatoms. The molecule has 1 atom stereocenters. The van der Waals surface area contributed by atoms with Gasteiger partial charge in [-0.2, -0.15) is 5.26 Å². The lowest BCUT2D eigenvalue weighted by Crippen LogP contribution is -2.24. The molecule has 0 spiro atoms. The van der Waals surface area contributed by atoms with Crippen LogP contribution in [0.15, 0.2) is 41.3 Å². The summed E-state index contributed by atoms with van der Waals surface area (Å²) in [7, 11) is 0. The van der Waals surface area contributed by atoms with E-state index in [1.54, 1.807) is 24.4 Å². The second-order valence-corrected chi connectivity index (χ2v) is 6.94. The minimum atomic E-state index is 0.0343. The molecular weight excluding hydrogens is 336 g/mol. The van der Waals surface area contributed by atoms with Crippen LogP contribution in [0.3, 0.4) is 0 Å². The lowest BCUT2D eigenvalue weighted by Gasteiger charge is -2.10. The summed E-state index contributed by atoms with van der Waals surface area (Å²) >= 11 is 0. The van der Waals surface area contributed by atoms with Gasteiger partial charge in [0.1, 0.15) is 11.5 Å². The van der Waals surface area contributed by atoms with Gasteiger partial charge in [0, 0.05) is 24.7 Å². The number of benzene rings is 1. The molecule has 5 nitrogen and oxygen atoms in total. The maximum Gasteiger partial charge on any atom is 0.261 e. The Kier molecular flexibility index (Phi) is 4.44. The Labute approximate surface area is 157 Å². The molecule has 0 radical (unpaired) electrons. The number of pyridine rings is 1. The topological polar surface area (TPSA) is 71.6 Å². The molecule has 0 bridgehead atoms. The zero-order chi connectivity index (χ0) is 18.8. The second-order valence-electron chi connectivity index (χ2n) is 6.94. The van der Waals surface area contributed by atoms with Crippen molar-refractivity contribution < 1.29 is 0 Å². The Morgan fingerprint density at radius 3 is 2.89 bits per heavy atom. The van der Waals surface area contributed by atoms with Gasteiger partial charge in [0.25, 0.3) is 5.56 Å². The summed E-state index contributed by atoms with van der Waals surface area (Å²) in [6.45, 7) is 2.96. The van der Waals surface area contributed by atoms with E-state index in [2.05, 4.69) is 29.8 Å². The molecule has 1 aromatic carbocycles. The molecule has 1 aliphatic rings. The average molecular weight is 354 g/mol. The minimum absolute atomic E-state index is 0.0343. The van der Waals surface area contributed by atoms with Crippen LogP contribution >= 0.6 is 0 Å². The number of aromatic nitrogens is 3. The Balaban J connectivity index is 1.74. The van der Waals surface area contributed by atoms with Crippen molar-refractivity contribution in [1.82, 2.24) is 14.5 Å². The average Bonchev–Trinajstić information content (AvgIpc) is 2.88. The van der Waals surface area contributed by atoms with Crippen LogP contribution in [-0.2, 0) is 13.0 Å². The molecule has 4 rings (SSSR count). The van der Waals surface area contributed by atoms with Crippen LogP contribution in [0.2, 0.25) is 0 Å². The van der Waals surface area contributed by atoms with Crippen molar-refractivity contribution >= 4 is 10.9 Å². The van der Waals surface area contributed by atoms with Crippen LogP contribution in [0.4, 0.5) is 0 Å². The lowest BCUT2D eigenvalue weighted by atomic mass is 10.0. The number of aryl methyl sites for hydroxylation is 1. The number of nitriles is 1. The summed E-state index contributed by atoms with van der Waals surface area (Å²) in [5.41, 5.74) is 2.56. The minimum Gasteiger partial charge on any atom is -0.296 e. The third kappa shape index (κ3) is 3.45. The van der Waals surface area contributed by atoms with E-state index in [0.717, 1.165) is 37.2 Å². The van der Waals surface area contributed by atoms with Gasteiger partial charge in [-0.05, 0) is 55.0 Å². The molecule has 132 valence electrons. The fourth-order valence-electron chi connectivity index (χ4n) is 3.34. The van der Waals surface area contributed by atoms with Gasteiger partial charge < -0.3 is 0 Å². The molecule has 0 saturated heterocycles. The zero-order valence-corrected chi connectivity index (χ0v) is 15.1. The molecular formula is C22H18N4O. The predicted molar refractivity (Wildman–Crippen MR) is 103 cm³/mol. The highest BCUT2D eigenvalue weighted by Crippen LogP contribution is 2.19. The maximum absolute atomic E-state index is 12.8. The van der Waals surface area contributed by atoms with Crippen molar-refractivity contribution in [2.45, 2.75) is 32.7 Å². The van der Waals surface area contributed by atoms with Crippen molar-refractivity contribution in [3.63, 3.8) is 0 Å². The third-order valence-corrected chi connectivity index (χ3v) is 4.96. The summed E-state index contributed by atoms with van der Waals surface area (Å²) in [5.74, 6) is 7.49. The predicted octanol–water partition coefficient (Wildman–Crippen LogP) is 3.04. The van der Waals surface area contributed by atoms with Gasteiger partial charge in [0.15, 0.2) is 0 Å². The van der Waals surface area contributed by atoms with Gasteiger partial charge in [-0.3, -0.25) is 9.36 Å². The van der Waals surface area contributed by atoms with E-state index in [4.69, 9.17) is 10.2 Å². The SMILES string of the molecule is CC1CCc2nc3cc(C#Cc4cc(C#N)ccn4)ccc3c(=O)n2CC1. The first-order chi connectivity index (χ1) is 13.1. The normalized spacial score (nSPS) is 15.9. The Morgan fingerprint density at radius 1 is 1.15 bits per heavy atom. The van der Waals surface area contributed by atoms with Crippen LogP contribution in [-0.4, -0.2) is 14.5 Å². The Hall–Kier alpha value is -3.44. The fraction of sp³-hybridized carbons (Fsp3) is 0.273. The van der Waals surface area contributed by atoms with Crippen LogP contribution in [0.5, 0.6) is 0 Å². The fourth-order valence-corrected chi connectivity index (χ4v) is 3.34. The molecule has 1 unspecified atom stereocenters.